The molecule has 1 aliphatic heterocycles. The van der Waals surface area contributed by atoms with Crippen molar-refractivity contribution in [1.82, 2.24) is 5.32 Å². The summed E-state index contributed by atoms with van der Waals surface area (Å²) in [4.78, 5) is 11.0. The molecule has 13 heavy (non-hydrogen) atoms. The molecule has 0 aromatic carbocycles. The van der Waals surface area contributed by atoms with Crippen LogP contribution in [-0.2, 0) is 4.79 Å². The molecule has 0 amide bonds. The molecule has 0 bridgehead atoms. The van der Waals surface area contributed by atoms with Gasteiger partial charge in [-0.1, -0.05) is 13.3 Å². The van der Waals surface area contributed by atoms with Crippen LogP contribution in [-0.4, -0.2) is 18.4 Å². The van der Waals surface area contributed by atoms with E-state index in [1.165, 1.54) is 19.3 Å². The maximum atomic E-state index is 11.0. The van der Waals surface area contributed by atoms with Crippen LogP contribution in [0.1, 0.15) is 51.9 Å². The first kappa shape index (κ1) is 10.7. The van der Waals surface area contributed by atoms with Gasteiger partial charge in [-0.25, -0.2) is 5.32 Å². The molecule has 0 spiro atoms. The second-order valence-electron chi connectivity index (χ2n) is 3.84. The quantitative estimate of drug-likeness (QED) is 0.641. The summed E-state index contributed by atoms with van der Waals surface area (Å²) in [6.07, 6.45) is 7.48. The molecule has 2 nitrogen and oxygen atoms in total. The largest absolute Gasteiger partial charge is 0.300 e. The van der Waals surface area contributed by atoms with Gasteiger partial charge in [-0.05, 0) is 25.7 Å². The van der Waals surface area contributed by atoms with E-state index in [-0.39, 0.29) is 0 Å². The molecule has 1 heterocycles. The number of carbonyl (C=O) groups excluding carboxylic acids is 1. The van der Waals surface area contributed by atoms with Crippen LogP contribution in [0.15, 0.2) is 0 Å². The van der Waals surface area contributed by atoms with Gasteiger partial charge in [0.2, 0.25) is 0 Å². The lowest BCUT2D eigenvalue weighted by atomic mass is 9.99. The Bertz CT molecular complexity index is 150. The lowest BCUT2D eigenvalue weighted by molar-refractivity contribution is -0.118. The van der Waals surface area contributed by atoms with Crippen molar-refractivity contribution in [3.8, 4) is 0 Å². The van der Waals surface area contributed by atoms with Crippen LogP contribution < -0.4 is 5.32 Å². The fraction of sp³-hybridized carbons (Fsp3) is 0.909. The van der Waals surface area contributed by atoms with E-state index in [1.54, 1.807) is 0 Å². The van der Waals surface area contributed by atoms with E-state index in [0.717, 1.165) is 25.8 Å². The minimum Gasteiger partial charge on any atom is -0.300 e. The highest BCUT2D eigenvalue weighted by atomic mass is 16.1. The fourth-order valence-electron chi connectivity index (χ4n) is 1.80. The Labute approximate surface area is 81.1 Å². The average Bonchev–Trinajstić information content (AvgIpc) is 2.19. The normalized spacial score (nSPS) is 23.0. The van der Waals surface area contributed by atoms with Gasteiger partial charge in [-0.2, -0.15) is 0 Å². The Morgan fingerprint density at radius 3 is 2.92 bits per heavy atom. The van der Waals surface area contributed by atoms with Gasteiger partial charge < -0.3 is 0 Å². The maximum Gasteiger partial charge on any atom is 0.132 e. The zero-order valence-electron chi connectivity index (χ0n) is 8.59. The predicted molar refractivity (Wildman–Crippen MR) is 53.8 cm³/mol. The van der Waals surface area contributed by atoms with Crippen molar-refractivity contribution >= 4 is 5.78 Å². The highest BCUT2D eigenvalue weighted by molar-refractivity contribution is 5.77. The van der Waals surface area contributed by atoms with Gasteiger partial charge in [0.15, 0.2) is 0 Å². The smallest absolute Gasteiger partial charge is 0.132 e. The van der Waals surface area contributed by atoms with Gasteiger partial charge in [-0.3, -0.25) is 4.79 Å². The van der Waals surface area contributed by atoms with Crippen molar-refractivity contribution in [3.63, 3.8) is 0 Å². The zero-order valence-corrected chi connectivity index (χ0v) is 8.59. The van der Waals surface area contributed by atoms with Crippen molar-refractivity contribution < 1.29 is 4.79 Å². The molecule has 0 N–H and O–H groups in total. The first-order valence-corrected chi connectivity index (χ1v) is 5.51. The molecule has 1 radical (unpaired) electrons. The summed E-state index contributed by atoms with van der Waals surface area (Å²) in [5, 5.41) is 4.54. The summed E-state index contributed by atoms with van der Waals surface area (Å²) in [5.74, 6) is 0.399. The second kappa shape index (κ2) is 6.14. The summed E-state index contributed by atoms with van der Waals surface area (Å²) in [6, 6.07) is 0.568. The monoisotopic (exact) mass is 182 g/mol. The number of hydrogen-bond donors (Lipinski definition) is 0. The van der Waals surface area contributed by atoms with E-state index in [0.29, 0.717) is 18.2 Å². The Morgan fingerprint density at radius 1 is 1.46 bits per heavy atom. The number of hydrogen-bond acceptors (Lipinski definition) is 1. The molecule has 75 valence electrons. The molecule has 1 saturated heterocycles. The zero-order chi connectivity index (χ0) is 9.52. The molecule has 1 atom stereocenters. The van der Waals surface area contributed by atoms with Crippen LogP contribution in [0.4, 0.5) is 0 Å². The molecule has 0 aromatic rings. The lowest BCUT2D eigenvalue weighted by Crippen LogP contribution is -2.27. The standard InChI is InChI=1S/C11H20NO/c1-2-11(13)8-5-7-10-6-3-4-9-12-10/h10H,2-9H2,1H3. The molecule has 1 rings (SSSR count). The predicted octanol–water partition coefficient (Wildman–Crippen LogP) is 2.29. The van der Waals surface area contributed by atoms with Crippen LogP contribution in [0, 0.1) is 0 Å². The number of nitrogens with zero attached hydrogens (tertiary/aromatic N) is 1. The molecule has 1 unspecified atom stereocenters. The van der Waals surface area contributed by atoms with Crippen LogP contribution in [0.5, 0.6) is 0 Å². The third-order valence-electron chi connectivity index (χ3n) is 2.72. The summed E-state index contributed by atoms with van der Waals surface area (Å²) in [5.41, 5.74) is 0. The molecule has 0 saturated carbocycles. The maximum absolute atomic E-state index is 11.0. The topological polar surface area (TPSA) is 31.2 Å². The van der Waals surface area contributed by atoms with Crippen LogP contribution >= 0.6 is 0 Å². The Morgan fingerprint density at radius 2 is 2.31 bits per heavy atom. The first-order chi connectivity index (χ1) is 6.33. The third-order valence-corrected chi connectivity index (χ3v) is 2.72. The summed E-state index contributed by atoms with van der Waals surface area (Å²) < 4.78 is 0. The molecule has 1 aliphatic rings. The van der Waals surface area contributed by atoms with Gasteiger partial charge in [0.25, 0.3) is 0 Å². The van der Waals surface area contributed by atoms with Gasteiger partial charge in [0.05, 0.1) is 0 Å². The van der Waals surface area contributed by atoms with Crippen molar-refractivity contribution in [1.29, 1.82) is 0 Å². The van der Waals surface area contributed by atoms with Gasteiger partial charge in [-0.15, -0.1) is 0 Å². The van der Waals surface area contributed by atoms with E-state index in [2.05, 4.69) is 5.32 Å². The van der Waals surface area contributed by atoms with Gasteiger partial charge in [0.1, 0.15) is 5.78 Å². The highest BCUT2D eigenvalue weighted by Crippen LogP contribution is 2.14. The molecule has 2 heteroatoms. The number of Topliss-reactive ketones (excluding diaryl/α,β-unsaturated/α-hetero) is 1. The summed E-state index contributed by atoms with van der Waals surface area (Å²) in [6.45, 7) is 2.99. The molecular formula is C11H20NO. The highest BCUT2D eigenvalue weighted by Gasteiger charge is 2.13. The summed E-state index contributed by atoms with van der Waals surface area (Å²) in [7, 11) is 0. The first-order valence-electron chi connectivity index (χ1n) is 5.51. The summed E-state index contributed by atoms with van der Waals surface area (Å²) >= 11 is 0. The van der Waals surface area contributed by atoms with Crippen LogP contribution in [0.3, 0.4) is 0 Å². The van der Waals surface area contributed by atoms with Crippen molar-refractivity contribution in [3.05, 3.63) is 0 Å². The van der Waals surface area contributed by atoms with Crippen LogP contribution in [0.25, 0.3) is 0 Å². The average molecular weight is 182 g/mol. The minimum absolute atomic E-state index is 0.399. The Balaban J connectivity index is 2.01. The Kier molecular flexibility index (Phi) is 5.06. The number of ketones is 1. The number of piperidine rings is 1. The van der Waals surface area contributed by atoms with E-state index in [9.17, 15) is 4.79 Å². The van der Waals surface area contributed by atoms with Crippen molar-refractivity contribution in [2.24, 2.45) is 0 Å². The van der Waals surface area contributed by atoms with E-state index in [1.807, 2.05) is 6.92 Å². The van der Waals surface area contributed by atoms with E-state index >= 15 is 0 Å². The van der Waals surface area contributed by atoms with Crippen LogP contribution in [0.2, 0.25) is 0 Å². The van der Waals surface area contributed by atoms with Crippen molar-refractivity contribution in [2.75, 3.05) is 6.54 Å². The molecular weight excluding hydrogens is 162 g/mol. The van der Waals surface area contributed by atoms with Gasteiger partial charge >= 0.3 is 0 Å². The molecule has 1 fully saturated rings. The molecule has 0 aliphatic carbocycles. The van der Waals surface area contributed by atoms with Crippen molar-refractivity contribution in [2.45, 2.75) is 57.9 Å². The van der Waals surface area contributed by atoms with Gasteiger partial charge in [0, 0.05) is 25.4 Å². The number of carbonyl (C=O) groups is 1. The second-order valence-corrected chi connectivity index (χ2v) is 3.84. The van der Waals surface area contributed by atoms with E-state index < -0.39 is 0 Å². The van der Waals surface area contributed by atoms with E-state index in [4.69, 9.17) is 0 Å². The number of rotatable bonds is 5. The Hall–Kier alpha value is -0.370. The fourth-order valence-corrected chi connectivity index (χ4v) is 1.80. The third kappa shape index (κ3) is 4.41. The minimum atomic E-state index is 0.399. The molecule has 0 aromatic heterocycles. The SMILES string of the molecule is CCC(=O)CCCC1CCCC[N]1. The lowest BCUT2D eigenvalue weighted by Gasteiger charge is -2.21.